The summed E-state index contributed by atoms with van der Waals surface area (Å²) in [4.78, 5) is 21.8. The molecule has 0 atom stereocenters. The fourth-order valence-electron chi connectivity index (χ4n) is 1.53. The van der Waals surface area contributed by atoms with Crippen LogP contribution in [0.4, 0.5) is 0 Å². The van der Waals surface area contributed by atoms with Gasteiger partial charge < -0.3 is 19.9 Å². The van der Waals surface area contributed by atoms with E-state index in [-0.39, 0.29) is 25.3 Å². The smallest absolute Gasteiger partial charge is 0.303 e. The summed E-state index contributed by atoms with van der Waals surface area (Å²) in [6.45, 7) is 0.192. The maximum atomic E-state index is 11.4. The minimum absolute atomic E-state index is 0.0692. The molecule has 0 spiro atoms. The van der Waals surface area contributed by atoms with Gasteiger partial charge in [0.2, 0.25) is 5.91 Å². The predicted octanol–water partition coefficient (Wildman–Crippen LogP) is 1.84. The van der Waals surface area contributed by atoms with Gasteiger partial charge in [-0.3, -0.25) is 9.59 Å². The summed E-state index contributed by atoms with van der Waals surface area (Å²) in [6.07, 6.45) is -0.272. The highest BCUT2D eigenvalue weighted by Gasteiger charge is 2.11. The maximum Gasteiger partial charge on any atom is 0.303 e. The van der Waals surface area contributed by atoms with Crippen molar-refractivity contribution >= 4 is 23.5 Å². The quantitative estimate of drug-likeness (QED) is 0.802. The Morgan fingerprint density at radius 1 is 1.20 bits per heavy atom. The van der Waals surface area contributed by atoms with E-state index in [9.17, 15) is 9.59 Å². The maximum absolute atomic E-state index is 11.4. The van der Waals surface area contributed by atoms with Gasteiger partial charge >= 0.3 is 5.97 Å². The van der Waals surface area contributed by atoms with Crippen LogP contribution in [0.15, 0.2) is 12.1 Å². The van der Waals surface area contributed by atoms with Gasteiger partial charge in [-0.1, -0.05) is 11.6 Å². The van der Waals surface area contributed by atoms with Crippen LogP contribution in [0.5, 0.6) is 11.5 Å². The molecule has 2 N–H and O–H groups in total. The van der Waals surface area contributed by atoms with Gasteiger partial charge in [0.05, 0.1) is 20.6 Å². The molecule has 0 saturated heterocycles. The zero-order valence-electron chi connectivity index (χ0n) is 11.2. The van der Waals surface area contributed by atoms with Crippen molar-refractivity contribution in [2.75, 3.05) is 14.2 Å². The number of benzene rings is 1. The lowest BCUT2D eigenvalue weighted by molar-refractivity contribution is -0.138. The average Bonchev–Trinajstić information content (AvgIpc) is 2.43. The molecule has 0 bridgehead atoms. The average molecular weight is 302 g/mol. The molecular weight excluding hydrogens is 286 g/mol. The van der Waals surface area contributed by atoms with Gasteiger partial charge in [-0.25, -0.2) is 0 Å². The lowest BCUT2D eigenvalue weighted by Gasteiger charge is -2.12. The molecule has 20 heavy (non-hydrogen) atoms. The molecule has 0 fully saturated rings. The fourth-order valence-corrected chi connectivity index (χ4v) is 1.75. The monoisotopic (exact) mass is 301 g/mol. The molecular formula is C13H16ClNO5. The van der Waals surface area contributed by atoms with Crippen LogP contribution >= 0.6 is 11.6 Å². The minimum atomic E-state index is -1.01. The Hall–Kier alpha value is -1.95. The topological polar surface area (TPSA) is 84.9 Å². The van der Waals surface area contributed by atoms with Crippen LogP contribution in [-0.2, 0) is 16.1 Å². The molecule has 7 heteroatoms. The number of amides is 1. The largest absolute Gasteiger partial charge is 0.493 e. The molecule has 0 saturated carbocycles. The Labute approximate surface area is 121 Å². The van der Waals surface area contributed by atoms with Crippen molar-refractivity contribution in [3.63, 3.8) is 0 Å². The van der Waals surface area contributed by atoms with E-state index < -0.39 is 5.97 Å². The molecule has 0 aromatic heterocycles. The Balaban J connectivity index is 2.68. The second-order valence-electron chi connectivity index (χ2n) is 3.97. The Morgan fingerprint density at radius 2 is 1.80 bits per heavy atom. The summed E-state index contributed by atoms with van der Waals surface area (Å²) in [6, 6.07) is 3.26. The molecule has 1 rings (SSSR count). The normalized spacial score (nSPS) is 9.95. The summed E-state index contributed by atoms with van der Waals surface area (Å²) in [5, 5.41) is 11.5. The van der Waals surface area contributed by atoms with Crippen molar-refractivity contribution in [2.24, 2.45) is 0 Å². The third kappa shape index (κ3) is 4.62. The Kier molecular flexibility index (Phi) is 6.11. The second kappa shape index (κ2) is 7.59. The molecule has 0 aliphatic heterocycles. The lowest BCUT2D eigenvalue weighted by atomic mass is 10.2. The third-order valence-corrected chi connectivity index (χ3v) is 2.95. The number of carbonyl (C=O) groups is 2. The van der Waals surface area contributed by atoms with Gasteiger partial charge in [-0.15, -0.1) is 0 Å². The van der Waals surface area contributed by atoms with Crippen LogP contribution in [0.3, 0.4) is 0 Å². The molecule has 0 unspecified atom stereocenters. The molecule has 0 radical (unpaired) electrons. The van der Waals surface area contributed by atoms with E-state index in [0.717, 1.165) is 0 Å². The summed E-state index contributed by atoms with van der Waals surface area (Å²) < 4.78 is 10.2. The highest BCUT2D eigenvalue weighted by atomic mass is 35.5. The number of hydrogen-bond donors (Lipinski definition) is 2. The fraction of sp³-hybridized carbons (Fsp3) is 0.385. The zero-order valence-corrected chi connectivity index (χ0v) is 12.0. The van der Waals surface area contributed by atoms with Crippen molar-refractivity contribution in [1.29, 1.82) is 0 Å². The van der Waals surface area contributed by atoms with E-state index >= 15 is 0 Å². The number of methoxy groups -OCH3 is 2. The molecule has 1 aromatic rings. The summed E-state index contributed by atoms with van der Waals surface area (Å²) >= 11 is 6.07. The van der Waals surface area contributed by atoms with E-state index in [2.05, 4.69) is 5.32 Å². The molecule has 110 valence electrons. The molecule has 0 heterocycles. The van der Waals surface area contributed by atoms with Gasteiger partial charge in [-0.05, 0) is 11.6 Å². The van der Waals surface area contributed by atoms with Crippen LogP contribution in [0.2, 0.25) is 5.02 Å². The van der Waals surface area contributed by atoms with Crippen molar-refractivity contribution in [3.05, 3.63) is 22.7 Å². The highest BCUT2D eigenvalue weighted by Crippen LogP contribution is 2.32. The van der Waals surface area contributed by atoms with E-state index in [0.29, 0.717) is 22.1 Å². The number of carboxylic acids is 1. The number of rotatable bonds is 7. The number of hydrogen-bond acceptors (Lipinski definition) is 4. The van der Waals surface area contributed by atoms with Crippen LogP contribution in [0, 0.1) is 0 Å². The van der Waals surface area contributed by atoms with Crippen molar-refractivity contribution in [1.82, 2.24) is 5.32 Å². The SMILES string of the molecule is COc1cc(Cl)c(CNC(=O)CCC(=O)O)cc1OC. The molecule has 6 nitrogen and oxygen atoms in total. The van der Waals surface area contributed by atoms with E-state index in [1.165, 1.54) is 14.2 Å². The first-order valence-corrected chi connectivity index (χ1v) is 6.24. The van der Waals surface area contributed by atoms with Crippen LogP contribution in [-0.4, -0.2) is 31.2 Å². The number of nitrogens with one attached hydrogen (secondary N) is 1. The van der Waals surface area contributed by atoms with Crippen LogP contribution in [0.1, 0.15) is 18.4 Å². The third-order valence-electron chi connectivity index (χ3n) is 2.59. The van der Waals surface area contributed by atoms with Gasteiger partial charge in [0.15, 0.2) is 11.5 Å². The summed E-state index contributed by atoms with van der Waals surface area (Å²) in [5.74, 6) is -0.354. The van der Waals surface area contributed by atoms with Gasteiger partial charge in [0.1, 0.15) is 0 Å². The Morgan fingerprint density at radius 3 is 2.35 bits per heavy atom. The molecule has 0 aliphatic carbocycles. The number of ether oxygens (including phenoxy) is 2. The van der Waals surface area contributed by atoms with Crippen molar-refractivity contribution in [2.45, 2.75) is 19.4 Å². The first-order chi connectivity index (χ1) is 9.47. The number of carboxylic acid groups (broad SMARTS) is 1. The van der Waals surface area contributed by atoms with E-state index in [1.807, 2.05) is 0 Å². The van der Waals surface area contributed by atoms with Crippen molar-refractivity contribution in [3.8, 4) is 11.5 Å². The zero-order chi connectivity index (χ0) is 15.1. The molecule has 1 amide bonds. The van der Waals surface area contributed by atoms with Crippen LogP contribution < -0.4 is 14.8 Å². The first kappa shape index (κ1) is 16.1. The van der Waals surface area contributed by atoms with Gasteiger partial charge in [0.25, 0.3) is 0 Å². The van der Waals surface area contributed by atoms with E-state index in [4.69, 9.17) is 26.2 Å². The van der Waals surface area contributed by atoms with Gasteiger partial charge in [-0.2, -0.15) is 0 Å². The standard InChI is InChI=1S/C13H16ClNO5/c1-19-10-5-8(9(14)6-11(10)20-2)7-15-12(16)3-4-13(17)18/h5-6H,3-4,7H2,1-2H3,(H,15,16)(H,17,18). The van der Waals surface area contributed by atoms with Gasteiger partial charge in [0, 0.05) is 24.1 Å². The highest BCUT2D eigenvalue weighted by molar-refractivity contribution is 6.31. The number of aliphatic carboxylic acids is 1. The van der Waals surface area contributed by atoms with Crippen LogP contribution in [0.25, 0.3) is 0 Å². The first-order valence-electron chi connectivity index (χ1n) is 5.86. The number of carbonyl (C=O) groups excluding carboxylic acids is 1. The lowest BCUT2D eigenvalue weighted by Crippen LogP contribution is -2.23. The molecule has 1 aromatic carbocycles. The second-order valence-corrected chi connectivity index (χ2v) is 4.38. The van der Waals surface area contributed by atoms with E-state index in [1.54, 1.807) is 12.1 Å². The van der Waals surface area contributed by atoms with Crippen molar-refractivity contribution < 1.29 is 24.2 Å². The Bertz CT molecular complexity index is 504. The summed E-state index contributed by atoms with van der Waals surface area (Å²) in [5.41, 5.74) is 0.660. The number of halogens is 1. The minimum Gasteiger partial charge on any atom is -0.493 e. The predicted molar refractivity (Wildman–Crippen MR) is 73.3 cm³/mol. The summed E-state index contributed by atoms with van der Waals surface area (Å²) in [7, 11) is 3.00. The molecule has 0 aliphatic rings.